The number of benzene rings is 6. The van der Waals surface area contributed by atoms with E-state index in [1.807, 2.05) is 12.2 Å². The fraction of sp³-hybridized carbons (Fsp3) is 0. The van der Waals surface area contributed by atoms with Crippen LogP contribution in [0, 0.1) is 0 Å². The van der Waals surface area contributed by atoms with Crippen LogP contribution in [0.25, 0.3) is 89.3 Å². The summed E-state index contributed by atoms with van der Waals surface area (Å²) in [7, 11) is 0. The topological polar surface area (TPSA) is 23.0 Å². The molecule has 0 aliphatic carbocycles. The van der Waals surface area contributed by atoms with E-state index in [1.165, 1.54) is 27.4 Å². The van der Waals surface area contributed by atoms with Gasteiger partial charge in [0.2, 0.25) is 0 Å². The smallest absolute Gasteiger partial charge is 0.159 e. The third kappa shape index (κ3) is 3.65. The van der Waals surface area contributed by atoms with Gasteiger partial charge in [-0.1, -0.05) is 98.1 Å². The Kier molecular flexibility index (Phi) is 5.50. The van der Waals surface area contributed by atoms with E-state index in [9.17, 15) is 0 Å². The summed E-state index contributed by atoms with van der Waals surface area (Å²) < 4.78 is 11.2. The van der Waals surface area contributed by atoms with Gasteiger partial charge in [0.1, 0.15) is 5.58 Å². The van der Waals surface area contributed by atoms with E-state index >= 15 is 0 Å². The first kappa shape index (κ1) is 25.4. The highest BCUT2D eigenvalue weighted by Crippen LogP contribution is 2.40. The summed E-state index contributed by atoms with van der Waals surface area (Å²) in [5.74, 6) is 0. The summed E-state index contributed by atoms with van der Waals surface area (Å²) in [6, 6.07) is 47.3. The molecule has 3 nitrogen and oxygen atoms in total. The summed E-state index contributed by atoms with van der Waals surface area (Å²) in [5, 5.41) is 5.80. The van der Waals surface area contributed by atoms with Crippen LogP contribution < -0.4 is 0 Å². The molecule has 3 heteroatoms. The van der Waals surface area contributed by atoms with E-state index in [-0.39, 0.29) is 0 Å². The quantitative estimate of drug-likeness (QED) is 0.200. The number of aromatic nitrogens is 2. The van der Waals surface area contributed by atoms with E-state index < -0.39 is 0 Å². The molecule has 0 aliphatic rings. The second kappa shape index (κ2) is 9.73. The van der Waals surface area contributed by atoms with Crippen LogP contribution in [-0.4, -0.2) is 9.13 Å². The lowest BCUT2D eigenvalue weighted by atomic mass is 10.0. The van der Waals surface area contributed by atoms with Gasteiger partial charge in [-0.3, -0.25) is 0 Å². The molecular weight excluding hydrogens is 548 g/mol. The maximum Gasteiger partial charge on any atom is 0.159 e. The van der Waals surface area contributed by atoms with Gasteiger partial charge in [0.25, 0.3) is 0 Å². The summed E-state index contributed by atoms with van der Waals surface area (Å²) in [6.07, 6.45) is 3.82. The molecule has 0 saturated heterocycles. The molecule has 9 rings (SSSR count). The molecule has 0 unspecified atom stereocenters. The molecule has 6 aromatic carbocycles. The molecule has 0 N–H and O–H groups in total. The summed E-state index contributed by atoms with van der Waals surface area (Å²) in [5.41, 5.74) is 11.8. The van der Waals surface area contributed by atoms with Crippen LogP contribution in [0.1, 0.15) is 11.3 Å². The van der Waals surface area contributed by atoms with E-state index in [4.69, 9.17) is 4.42 Å². The van der Waals surface area contributed by atoms with Crippen LogP contribution in [0.2, 0.25) is 0 Å². The molecule has 0 atom stereocenters. The van der Waals surface area contributed by atoms with Crippen LogP contribution in [0.3, 0.4) is 0 Å². The van der Waals surface area contributed by atoms with Crippen LogP contribution in [0.15, 0.2) is 151 Å². The Labute approximate surface area is 260 Å². The largest absolute Gasteiger partial charge is 0.454 e. The van der Waals surface area contributed by atoms with Crippen LogP contribution in [0.4, 0.5) is 0 Å². The van der Waals surface area contributed by atoms with Gasteiger partial charge in [-0.05, 0) is 71.8 Å². The number of hydrogen-bond acceptors (Lipinski definition) is 1. The third-order valence-corrected chi connectivity index (χ3v) is 9.09. The average Bonchev–Trinajstić information content (AvgIpc) is 3.75. The Morgan fingerprint density at radius 1 is 0.489 bits per heavy atom. The Bertz CT molecular complexity index is 2630. The summed E-state index contributed by atoms with van der Waals surface area (Å²) >= 11 is 0. The SMILES string of the molecule is C=Cc1c(C=C)n(-c2cccc3c2oc2ccc(-c4ccc5c(c4)c4ccccc4n5-c4ccccc4)cc23)c2ccccc12. The molecule has 212 valence electrons. The minimum atomic E-state index is 0.852. The van der Waals surface area contributed by atoms with Crippen molar-refractivity contribution in [3.05, 3.63) is 158 Å². The number of nitrogens with zero attached hydrogens (tertiary/aromatic N) is 2. The average molecular weight is 577 g/mol. The van der Waals surface area contributed by atoms with Gasteiger partial charge in [0.05, 0.1) is 27.9 Å². The van der Waals surface area contributed by atoms with E-state index in [0.29, 0.717) is 0 Å². The molecule has 0 saturated carbocycles. The third-order valence-electron chi connectivity index (χ3n) is 9.09. The first-order chi connectivity index (χ1) is 22.2. The molecular formula is C42H28N2O. The monoisotopic (exact) mass is 576 g/mol. The van der Waals surface area contributed by atoms with E-state index in [2.05, 4.69) is 156 Å². The molecule has 45 heavy (non-hydrogen) atoms. The lowest BCUT2D eigenvalue weighted by Gasteiger charge is -2.09. The number of para-hydroxylation sites is 4. The van der Waals surface area contributed by atoms with E-state index in [0.717, 1.165) is 61.0 Å². The second-order valence-corrected chi connectivity index (χ2v) is 11.4. The van der Waals surface area contributed by atoms with Crippen LogP contribution in [0.5, 0.6) is 0 Å². The van der Waals surface area contributed by atoms with Crippen molar-refractivity contribution in [3.63, 3.8) is 0 Å². The van der Waals surface area contributed by atoms with Gasteiger partial charge < -0.3 is 13.6 Å². The zero-order chi connectivity index (χ0) is 30.1. The van der Waals surface area contributed by atoms with Crippen molar-refractivity contribution in [2.45, 2.75) is 0 Å². The van der Waals surface area contributed by atoms with Gasteiger partial charge in [0, 0.05) is 38.2 Å². The molecule has 0 bridgehead atoms. The molecule has 0 amide bonds. The van der Waals surface area contributed by atoms with Crippen LogP contribution >= 0.6 is 0 Å². The minimum Gasteiger partial charge on any atom is -0.454 e. The second-order valence-electron chi connectivity index (χ2n) is 11.4. The molecule has 0 radical (unpaired) electrons. The highest BCUT2D eigenvalue weighted by Gasteiger charge is 2.19. The number of fused-ring (bicyclic) bond motifs is 7. The highest BCUT2D eigenvalue weighted by molar-refractivity contribution is 6.12. The zero-order valence-corrected chi connectivity index (χ0v) is 24.6. The first-order valence-corrected chi connectivity index (χ1v) is 15.2. The van der Waals surface area contributed by atoms with Crippen molar-refractivity contribution in [1.82, 2.24) is 9.13 Å². The number of rotatable bonds is 5. The molecule has 9 aromatic rings. The fourth-order valence-corrected chi connectivity index (χ4v) is 7.11. The normalized spacial score (nSPS) is 11.7. The van der Waals surface area contributed by atoms with Gasteiger partial charge in [-0.15, -0.1) is 0 Å². The number of hydrogen-bond donors (Lipinski definition) is 0. The zero-order valence-electron chi connectivity index (χ0n) is 24.6. The lowest BCUT2D eigenvalue weighted by molar-refractivity contribution is 0.666. The lowest BCUT2D eigenvalue weighted by Crippen LogP contribution is -1.97. The van der Waals surface area contributed by atoms with Crippen molar-refractivity contribution in [3.8, 4) is 22.5 Å². The van der Waals surface area contributed by atoms with Crippen molar-refractivity contribution in [1.29, 1.82) is 0 Å². The predicted molar refractivity (Wildman–Crippen MR) is 191 cm³/mol. The van der Waals surface area contributed by atoms with Crippen molar-refractivity contribution < 1.29 is 4.42 Å². The standard InChI is InChI=1S/C42H28N2O/c1-3-30-31-15-8-11-19-38(31)44(36(30)4-2)40-20-12-17-33-35-26-28(22-24-41(35)45-42(33)40)27-21-23-39-34(25-27)32-16-9-10-18-37(32)43(39)29-13-6-5-7-14-29/h3-26H,1-2H2. The Morgan fingerprint density at radius 3 is 1.91 bits per heavy atom. The first-order valence-electron chi connectivity index (χ1n) is 15.2. The maximum atomic E-state index is 6.62. The molecule has 0 fully saturated rings. The van der Waals surface area contributed by atoms with Crippen LogP contribution in [-0.2, 0) is 0 Å². The highest BCUT2D eigenvalue weighted by atomic mass is 16.3. The van der Waals surface area contributed by atoms with Gasteiger partial charge in [-0.2, -0.15) is 0 Å². The molecule has 0 spiro atoms. The molecule has 3 aromatic heterocycles. The molecule has 0 aliphatic heterocycles. The van der Waals surface area contributed by atoms with Gasteiger partial charge >= 0.3 is 0 Å². The van der Waals surface area contributed by atoms with Gasteiger partial charge in [-0.25, -0.2) is 0 Å². The summed E-state index contributed by atoms with van der Waals surface area (Å²) in [6.45, 7) is 8.25. The van der Waals surface area contributed by atoms with Crippen molar-refractivity contribution in [2.75, 3.05) is 0 Å². The maximum absolute atomic E-state index is 6.62. The molecule has 3 heterocycles. The Hall–Kier alpha value is -6.06. The summed E-state index contributed by atoms with van der Waals surface area (Å²) in [4.78, 5) is 0. The number of furan rings is 1. The minimum absolute atomic E-state index is 0.852. The van der Waals surface area contributed by atoms with Gasteiger partial charge in [0.15, 0.2) is 5.58 Å². The van der Waals surface area contributed by atoms with E-state index in [1.54, 1.807) is 0 Å². The van der Waals surface area contributed by atoms with Crippen molar-refractivity contribution >= 4 is 66.8 Å². The fourth-order valence-electron chi connectivity index (χ4n) is 7.11. The van der Waals surface area contributed by atoms with Crippen molar-refractivity contribution in [2.24, 2.45) is 0 Å². The predicted octanol–water partition coefficient (Wildman–Crippen LogP) is 11.6. The Morgan fingerprint density at radius 2 is 1.13 bits per heavy atom. The Balaban J connectivity index is 1.24.